The molecule has 1 N–H and O–H groups in total. The largest absolute Gasteiger partial charge is 0.423 e. The number of rotatable bonds is 7. The summed E-state index contributed by atoms with van der Waals surface area (Å²) < 4.78 is 6.36. The number of hydrogen-bond acceptors (Lipinski definition) is 6. The molecule has 0 aliphatic carbocycles. The number of halogens is 1. The molecule has 0 saturated heterocycles. The predicted molar refractivity (Wildman–Crippen MR) is 120 cm³/mol. The lowest BCUT2D eigenvalue weighted by Crippen LogP contribution is -2.05. The average molecular weight is 466 g/mol. The molecule has 0 amide bonds. The van der Waals surface area contributed by atoms with Crippen LogP contribution in [0.25, 0.3) is 6.08 Å². The fourth-order valence-electron chi connectivity index (χ4n) is 2.39. The standard InChI is InChI=1S/C22H16BrN3O4/c23-18-8-5-16(6-9-18)7-14-22(27)30-21-4-2-1-3-17(21)15-24-25-19-10-12-20(13-11-19)26(28)29/h1-15,25H. The molecule has 150 valence electrons. The quantitative estimate of drug-likeness (QED) is 0.125. The maximum Gasteiger partial charge on any atom is 0.336 e. The Morgan fingerprint density at radius 1 is 1.03 bits per heavy atom. The van der Waals surface area contributed by atoms with E-state index in [1.807, 2.05) is 24.3 Å². The minimum absolute atomic E-state index is 0.00187. The van der Waals surface area contributed by atoms with Gasteiger partial charge in [-0.2, -0.15) is 5.10 Å². The summed E-state index contributed by atoms with van der Waals surface area (Å²) in [5.74, 6) is -0.153. The number of esters is 1. The zero-order chi connectivity index (χ0) is 21.3. The second-order valence-corrected chi connectivity index (χ2v) is 6.93. The topological polar surface area (TPSA) is 93.8 Å². The fraction of sp³-hybridized carbons (Fsp3) is 0. The lowest BCUT2D eigenvalue weighted by Gasteiger charge is -2.05. The summed E-state index contributed by atoms with van der Waals surface area (Å²) in [6, 6.07) is 20.3. The Bertz CT molecular complexity index is 1090. The van der Waals surface area contributed by atoms with Gasteiger partial charge in [0.1, 0.15) is 5.75 Å². The number of hydrogen-bond donors (Lipinski definition) is 1. The molecule has 3 aromatic carbocycles. The third kappa shape index (κ3) is 6.11. The van der Waals surface area contributed by atoms with Crippen molar-refractivity contribution in [2.24, 2.45) is 5.10 Å². The van der Waals surface area contributed by atoms with Crippen molar-refractivity contribution in [3.63, 3.8) is 0 Å². The van der Waals surface area contributed by atoms with Gasteiger partial charge in [0.2, 0.25) is 0 Å². The minimum Gasteiger partial charge on any atom is -0.423 e. The van der Waals surface area contributed by atoms with Crippen molar-refractivity contribution in [2.45, 2.75) is 0 Å². The van der Waals surface area contributed by atoms with Crippen LogP contribution in [0.2, 0.25) is 0 Å². The van der Waals surface area contributed by atoms with E-state index in [1.165, 1.54) is 24.4 Å². The summed E-state index contributed by atoms with van der Waals surface area (Å²) in [6.45, 7) is 0. The van der Waals surface area contributed by atoms with E-state index in [4.69, 9.17) is 4.74 Å². The number of hydrazone groups is 1. The number of nitro benzene ring substituents is 1. The van der Waals surface area contributed by atoms with Gasteiger partial charge in [-0.1, -0.05) is 40.2 Å². The van der Waals surface area contributed by atoms with Gasteiger partial charge in [-0.25, -0.2) is 4.79 Å². The maximum absolute atomic E-state index is 12.2. The average Bonchev–Trinajstić information content (AvgIpc) is 2.75. The van der Waals surface area contributed by atoms with E-state index in [0.29, 0.717) is 17.0 Å². The van der Waals surface area contributed by atoms with Gasteiger partial charge in [-0.05, 0) is 48.0 Å². The van der Waals surface area contributed by atoms with Crippen LogP contribution in [0.4, 0.5) is 11.4 Å². The molecule has 0 saturated carbocycles. The first-order valence-electron chi connectivity index (χ1n) is 8.79. The molecule has 0 aliphatic rings. The predicted octanol–water partition coefficient (Wildman–Crippen LogP) is 5.42. The first-order valence-corrected chi connectivity index (χ1v) is 9.58. The number of non-ortho nitro benzene ring substituents is 1. The number of anilines is 1. The number of nitro groups is 1. The molecule has 0 aliphatic heterocycles. The van der Waals surface area contributed by atoms with Crippen LogP contribution in [-0.4, -0.2) is 17.1 Å². The number of carbonyl (C=O) groups excluding carboxylic acids is 1. The molecule has 0 unspecified atom stereocenters. The van der Waals surface area contributed by atoms with Gasteiger partial charge in [0, 0.05) is 28.2 Å². The molecular weight excluding hydrogens is 450 g/mol. The highest BCUT2D eigenvalue weighted by Crippen LogP contribution is 2.18. The molecule has 7 nitrogen and oxygen atoms in total. The smallest absolute Gasteiger partial charge is 0.336 e. The lowest BCUT2D eigenvalue weighted by molar-refractivity contribution is -0.384. The number of para-hydroxylation sites is 1. The summed E-state index contributed by atoms with van der Waals surface area (Å²) in [7, 11) is 0. The number of nitrogens with zero attached hydrogens (tertiary/aromatic N) is 2. The minimum atomic E-state index is -0.512. The van der Waals surface area contributed by atoms with Crippen LogP contribution < -0.4 is 10.2 Å². The molecule has 0 radical (unpaired) electrons. The number of ether oxygens (including phenoxy) is 1. The fourth-order valence-corrected chi connectivity index (χ4v) is 2.66. The molecule has 3 rings (SSSR count). The van der Waals surface area contributed by atoms with E-state index in [-0.39, 0.29) is 5.69 Å². The van der Waals surface area contributed by atoms with E-state index >= 15 is 0 Å². The first-order chi connectivity index (χ1) is 14.5. The van der Waals surface area contributed by atoms with Crippen LogP contribution in [0.15, 0.2) is 88.4 Å². The Labute approximate surface area is 181 Å². The Kier molecular flexibility index (Phi) is 7.07. The number of benzene rings is 3. The van der Waals surface area contributed by atoms with Crippen molar-refractivity contribution in [3.8, 4) is 5.75 Å². The SMILES string of the molecule is O=C(C=Cc1ccc(Br)cc1)Oc1ccccc1C=NNc1ccc([N+](=O)[O-])cc1. The Hall–Kier alpha value is -3.78. The molecule has 8 heteroatoms. The highest BCUT2D eigenvalue weighted by atomic mass is 79.9. The molecule has 0 aromatic heterocycles. The summed E-state index contributed by atoms with van der Waals surface area (Å²) >= 11 is 3.36. The summed E-state index contributed by atoms with van der Waals surface area (Å²) in [4.78, 5) is 22.4. The highest BCUT2D eigenvalue weighted by Gasteiger charge is 2.06. The zero-order valence-corrected chi connectivity index (χ0v) is 17.2. The van der Waals surface area contributed by atoms with Crippen molar-refractivity contribution in [1.82, 2.24) is 0 Å². The third-order valence-corrected chi connectivity index (χ3v) is 4.42. The molecule has 0 atom stereocenters. The molecule has 0 fully saturated rings. The van der Waals surface area contributed by atoms with Gasteiger partial charge in [-0.3, -0.25) is 15.5 Å². The summed E-state index contributed by atoms with van der Waals surface area (Å²) in [5.41, 5.74) is 4.83. The van der Waals surface area contributed by atoms with Gasteiger partial charge in [0.15, 0.2) is 0 Å². The maximum atomic E-state index is 12.2. The van der Waals surface area contributed by atoms with Crippen molar-refractivity contribution in [1.29, 1.82) is 0 Å². The summed E-state index contributed by atoms with van der Waals surface area (Å²) in [5, 5.41) is 14.8. The van der Waals surface area contributed by atoms with Crippen LogP contribution in [0.1, 0.15) is 11.1 Å². The van der Waals surface area contributed by atoms with Gasteiger partial charge in [-0.15, -0.1) is 0 Å². The van der Waals surface area contributed by atoms with E-state index in [2.05, 4.69) is 26.5 Å². The number of nitrogens with one attached hydrogen (secondary N) is 1. The van der Waals surface area contributed by atoms with Crippen LogP contribution in [0.3, 0.4) is 0 Å². The zero-order valence-electron chi connectivity index (χ0n) is 15.6. The monoisotopic (exact) mass is 465 g/mol. The van der Waals surface area contributed by atoms with Crippen molar-refractivity contribution < 1.29 is 14.5 Å². The van der Waals surface area contributed by atoms with Crippen LogP contribution in [0.5, 0.6) is 5.75 Å². The van der Waals surface area contributed by atoms with E-state index in [9.17, 15) is 14.9 Å². The Morgan fingerprint density at radius 2 is 1.73 bits per heavy atom. The van der Waals surface area contributed by atoms with Gasteiger partial charge < -0.3 is 4.74 Å². The molecular formula is C22H16BrN3O4. The Balaban J connectivity index is 1.63. The van der Waals surface area contributed by atoms with Crippen molar-refractivity contribution in [2.75, 3.05) is 5.43 Å². The molecule has 0 spiro atoms. The van der Waals surface area contributed by atoms with Gasteiger partial charge in [0.25, 0.3) is 5.69 Å². The van der Waals surface area contributed by atoms with E-state index < -0.39 is 10.9 Å². The molecule has 3 aromatic rings. The second kappa shape index (κ2) is 10.1. The summed E-state index contributed by atoms with van der Waals surface area (Å²) in [6.07, 6.45) is 4.52. The highest BCUT2D eigenvalue weighted by molar-refractivity contribution is 9.10. The normalized spacial score (nSPS) is 11.0. The number of carbonyl (C=O) groups is 1. The van der Waals surface area contributed by atoms with E-state index in [0.717, 1.165) is 10.0 Å². The first kappa shape index (κ1) is 20.9. The third-order valence-electron chi connectivity index (χ3n) is 3.89. The molecule has 0 bridgehead atoms. The molecule has 0 heterocycles. The van der Waals surface area contributed by atoms with Gasteiger partial charge >= 0.3 is 5.97 Å². The van der Waals surface area contributed by atoms with Crippen molar-refractivity contribution >= 4 is 45.6 Å². The van der Waals surface area contributed by atoms with E-state index in [1.54, 1.807) is 42.5 Å². The van der Waals surface area contributed by atoms with Gasteiger partial charge in [0.05, 0.1) is 16.8 Å². The Morgan fingerprint density at radius 3 is 2.43 bits per heavy atom. The lowest BCUT2D eigenvalue weighted by atomic mass is 10.2. The van der Waals surface area contributed by atoms with Crippen LogP contribution in [-0.2, 0) is 4.79 Å². The van der Waals surface area contributed by atoms with Crippen LogP contribution >= 0.6 is 15.9 Å². The van der Waals surface area contributed by atoms with Crippen molar-refractivity contribution in [3.05, 3.63) is 105 Å². The second-order valence-electron chi connectivity index (χ2n) is 6.02. The van der Waals surface area contributed by atoms with Crippen LogP contribution in [0, 0.1) is 10.1 Å². The molecule has 30 heavy (non-hydrogen) atoms.